The molecule has 0 aliphatic carbocycles. The fourth-order valence-electron chi connectivity index (χ4n) is 2.17. The van der Waals surface area contributed by atoms with Crippen LogP contribution in [-0.4, -0.2) is 5.78 Å². The molecule has 4 heteroatoms. The first-order valence-corrected chi connectivity index (χ1v) is 6.27. The first kappa shape index (κ1) is 17.1. The van der Waals surface area contributed by atoms with Crippen molar-refractivity contribution in [2.75, 3.05) is 0 Å². The van der Waals surface area contributed by atoms with Crippen LogP contribution in [0.15, 0.2) is 42.7 Å². The summed E-state index contributed by atoms with van der Waals surface area (Å²) in [5, 5.41) is 0. The zero-order chi connectivity index (χ0) is 13.8. The number of aromatic nitrogens is 1. The number of aryl methyl sites for hydroxylation is 2. The van der Waals surface area contributed by atoms with Gasteiger partial charge in [-0.2, -0.15) is 4.57 Å². The smallest absolute Gasteiger partial charge is 0.206 e. The third kappa shape index (κ3) is 4.57. The predicted molar refractivity (Wildman–Crippen MR) is 71.2 cm³/mol. The quantitative estimate of drug-likeness (QED) is 0.779. The van der Waals surface area contributed by atoms with Crippen molar-refractivity contribution in [2.24, 2.45) is 0 Å². The van der Waals surface area contributed by atoms with Crippen molar-refractivity contribution in [2.45, 2.75) is 26.8 Å². The summed E-state index contributed by atoms with van der Waals surface area (Å²) in [4.78, 5) is 12.1. The van der Waals surface area contributed by atoms with E-state index in [1.807, 2.05) is 32.0 Å². The molecular formula is C16H17FNOY+. The topological polar surface area (TPSA) is 20.9 Å². The van der Waals surface area contributed by atoms with Crippen molar-refractivity contribution in [1.29, 1.82) is 0 Å². The fourth-order valence-corrected chi connectivity index (χ4v) is 2.17. The Morgan fingerprint density at radius 3 is 2.40 bits per heavy atom. The van der Waals surface area contributed by atoms with E-state index in [2.05, 4.69) is 0 Å². The van der Waals surface area contributed by atoms with Gasteiger partial charge in [-0.25, -0.2) is 4.39 Å². The minimum absolute atomic E-state index is 0. The van der Waals surface area contributed by atoms with Crippen molar-refractivity contribution in [1.82, 2.24) is 0 Å². The monoisotopic (exact) mass is 347 g/mol. The van der Waals surface area contributed by atoms with Gasteiger partial charge in [0.1, 0.15) is 0 Å². The molecule has 1 aromatic heterocycles. The van der Waals surface area contributed by atoms with Crippen molar-refractivity contribution < 1.29 is 46.5 Å². The van der Waals surface area contributed by atoms with Gasteiger partial charge in [0.05, 0.1) is 0 Å². The number of ketones is 1. The molecule has 0 unspecified atom stereocenters. The number of halogens is 1. The summed E-state index contributed by atoms with van der Waals surface area (Å²) in [7, 11) is 0. The number of hydrogen-bond donors (Lipinski definition) is 0. The Morgan fingerprint density at radius 1 is 1.15 bits per heavy atom. The summed E-state index contributed by atoms with van der Waals surface area (Å²) in [5.74, 6) is -0.254. The maximum atomic E-state index is 13.0. The van der Waals surface area contributed by atoms with Crippen LogP contribution in [0.2, 0.25) is 0 Å². The van der Waals surface area contributed by atoms with Crippen molar-refractivity contribution >= 4 is 5.78 Å². The van der Waals surface area contributed by atoms with Gasteiger partial charge in [0.15, 0.2) is 12.0 Å². The number of benzene rings is 1. The molecule has 0 saturated carbocycles. The van der Waals surface area contributed by atoms with Crippen molar-refractivity contribution in [3.05, 3.63) is 65.2 Å². The summed E-state index contributed by atoms with van der Waals surface area (Å²) in [5.41, 5.74) is 3.32. The number of rotatable bonds is 4. The van der Waals surface area contributed by atoms with E-state index in [9.17, 15) is 9.18 Å². The van der Waals surface area contributed by atoms with E-state index >= 15 is 0 Å². The molecule has 2 aromatic rings. The minimum Gasteiger partial charge on any atom is -0.292 e. The molecule has 0 bridgehead atoms. The molecule has 0 aliphatic rings. The molecule has 0 fully saturated rings. The molecule has 0 amide bonds. The van der Waals surface area contributed by atoms with Gasteiger partial charge in [-0.3, -0.25) is 4.79 Å². The summed E-state index contributed by atoms with van der Waals surface area (Å²) in [6.45, 7) is 4.21. The van der Waals surface area contributed by atoms with Crippen molar-refractivity contribution in [3.8, 4) is 0 Å². The van der Waals surface area contributed by atoms with Gasteiger partial charge < -0.3 is 0 Å². The molecule has 2 rings (SSSR count). The van der Waals surface area contributed by atoms with Gasteiger partial charge in [-0.1, -0.05) is 18.2 Å². The normalized spacial score (nSPS) is 9.95. The number of nitrogens with zero attached hydrogens (tertiary/aromatic N) is 1. The molecule has 1 aromatic carbocycles. The van der Waals surface area contributed by atoms with Crippen LogP contribution < -0.4 is 4.57 Å². The van der Waals surface area contributed by atoms with E-state index < -0.39 is 0 Å². The zero-order valence-corrected chi connectivity index (χ0v) is 14.6. The molecule has 1 heterocycles. The Balaban J connectivity index is 0.00000200. The van der Waals surface area contributed by atoms with E-state index in [1.54, 1.807) is 16.8 Å². The van der Waals surface area contributed by atoms with Gasteiger partial charge in [0.2, 0.25) is 18.5 Å². The maximum Gasteiger partial charge on any atom is 0.206 e. The van der Waals surface area contributed by atoms with E-state index in [1.165, 1.54) is 12.3 Å². The van der Waals surface area contributed by atoms with Gasteiger partial charge in [-0.15, -0.1) is 0 Å². The van der Waals surface area contributed by atoms with Crippen LogP contribution in [0.1, 0.15) is 16.7 Å². The molecule has 2 nitrogen and oxygen atoms in total. The SMILES string of the molecule is Cc1cccc(C)c1CC(=O)C[n+]1cccc(F)c1.[Y]. The number of pyridine rings is 1. The molecule has 101 valence electrons. The second-order valence-electron chi connectivity index (χ2n) is 4.78. The predicted octanol–water partition coefficient (Wildman–Crippen LogP) is 2.54. The van der Waals surface area contributed by atoms with Crippen LogP contribution >= 0.6 is 0 Å². The van der Waals surface area contributed by atoms with E-state index in [0.717, 1.165) is 16.7 Å². The van der Waals surface area contributed by atoms with Crippen LogP contribution in [0.4, 0.5) is 4.39 Å². The van der Waals surface area contributed by atoms with Crippen molar-refractivity contribution in [3.63, 3.8) is 0 Å². The van der Waals surface area contributed by atoms with E-state index in [4.69, 9.17) is 0 Å². The molecule has 0 N–H and O–H groups in total. The molecule has 0 saturated heterocycles. The first-order chi connectivity index (χ1) is 9.06. The third-order valence-electron chi connectivity index (χ3n) is 3.20. The van der Waals surface area contributed by atoms with Crippen LogP contribution in [0.25, 0.3) is 0 Å². The summed E-state index contributed by atoms with van der Waals surface area (Å²) in [6.07, 6.45) is 3.43. The zero-order valence-electron chi connectivity index (χ0n) is 11.8. The first-order valence-electron chi connectivity index (χ1n) is 6.27. The van der Waals surface area contributed by atoms with E-state index in [-0.39, 0.29) is 50.9 Å². The standard InChI is InChI=1S/C16H17FNO.Y/c1-12-5-3-6-13(2)16(12)9-15(19)11-18-8-4-7-14(17)10-18;/h3-8,10H,9,11H2,1-2H3;/q+1;. The third-order valence-corrected chi connectivity index (χ3v) is 3.20. The number of Topliss-reactive ketones (excluding diaryl/α,β-unsaturated/α-hetero) is 1. The largest absolute Gasteiger partial charge is 0.292 e. The van der Waals surface area contributed by atoms with Crippen LogP contribution in [0.5, 0.6) is 0 Å². The molecule has 0 spiro atoms. The second-order valence-corrected chi connectivity index (χ2v) is 4.78. The van der Waals surface area contributed by atoms with Gasteiger partial charge in [0.25, 0.3) is 0 Å². The second kappa shape index (κ2) is 7.75. The Morgan fingerprint density at radius 2 is 1.80 bits per heavy atom. The Hall–Kier alpha value is -0.926. The molecule has 1 radical (unpaired) electrons. The van der Waals surface area contributed by atoms with Crippen LogP contribution in [0, 0.1) is 19.7 Å². The number of hydrogen-bond acceptors (Lipinski definition) is 1. The van der Waals surface area contributed by atoms with Crippen LogP contribution in [0.3, 0.4) is 0 Å². The fraction of sp³-hybridized carbons (Fsp3) is 0.250. The Kier molecular flexibility index (Phi) is 6.64. The molecule has 0 atom stereocenters. The number of carbonyl (C=O) groups is 1. The van der Waals surface area contributed by atoms with Gasteiger partial charge in [-0.05, 0) is 36.6 Å². The summed E-state index contributed by atoms with van der Waals surface area (Å²) >= 11 is 0. The molecular weight excluding hydrogens is 330 g/mol. The average molecular weight is 347 g/mol. The van der Waals surface area contributed by atoms with E-state index in [0.29, 0.717) is 6.42 Å². The minimum atomic E-state index is -0.331. The molecule has 0 aliphatic heterocycles. The maximum absolute atomic E-state index is 13.0. The molecule has 20 heavy (non-hydrogen) atoms. The number of carbonyl (C=O) groups excluding carboxylic acids is 1. The Labute approximate surface area is 143 Å². The average Bonchev–Trinajstić information content (AvgIpc) is 2.34. The summed E-state index contributed by atoms with van der Waals surface area (Å²) < 4.78 is 14.6. The Bertz CT molecular complexity index is 593. The van der Waals surface area contributed by atoms with Gasteiger partial charge >= 0.3 is 0 Å². The van der Waals surface area contributed by atoms with Crippen LogP contribution in [-0.2, 0) is 50.5 Å². The van der Waals surface area contributed by atoms with Gasteiger partial charge in [0, 0.05) is 45.2 Å². The summed E-state index contributed by atoms with van der Waals surface area (Å²) in [6, 6.07) is 8.96.